The molecule has 1 N–H and O–H groups in total. The number of hydrogen-bond donors (Lipinski definition) is 1. The summed E-state index contributed by atoms with van der Waals surface area (Å²) in [4.78, 5) is 19.1. The quantitative estimate of drug-likeness (QED) is 0.857. The third-order valence-corrected chi connectivity index (χ3v) is 2.47. The maximum Gasteiger partial charge on any atom is 0.355 e. The Morgan fingerprint density at radius 1 is 1.18 bits per heavy atom. The van der Waals surface area contributed by atoms with Crippen molar-refractivity contribution < 1.29 is 9.90 Å². The van der Waals surface area contributed by atoms with Gasteiger partial charge in [0.15, 0.2) is 5.69 Å². The van der Waals surface area contributed by atoms with Crippen LogP contribution in [0, 0.1) is 13.8 Å². The summed E-state index contributed by atoms with van der Waals surface area (Å²) < 4.78 is 0. The maximum absolute atomic E-state index is 11.1. The molecule has 0 atom stereocenters. The smallest absolute Gasteiger partial charge is 0.355 e. The summed E-state index contributed by atoms with van der Waals surface area (Å²) in [5, 5.41) is 9.12. The predicted molar refractivity (Wildman–Crippen MR) is 63.9 cm³/mol. The lowest BCUT2D eigenvalue weighted by atomic mass is 10.0. The Morgan fingerprint density at radius 3 is 2.41 bits per heavy atom. The van der Waals surface area contributed by atoms with E-state index in [9.17, 15) is 4.79 Å². The highest BCUT2D eigenvalue weighted by Gasteiger charge is 2.14. The minimum Gasteiger partial charge on any atom is -0.476 e. The molecule has 2 rings (SSSR count). The third kappa shape index (κ3) is 2.30. The van der Waals surface area contributed by atoms with E-state index in [0.717, 1.165) is 11.1 Å². The lowest BCUT2D eigenvalue weighted by Gasteiger charge is -2.06. The van der Waals surface area contributed by atoms with Crippen LogP contribution in [-0.4, -0.2) is 21.0 Å². The van der Waals surface area contributed by atoms with Crippen molar-refractivity contribution in [3.05, 3.63) is 47.5 Å². The number of carboxylic acids is 1. The Kier molecular flexibility index (Phi) is 2.87. The standard InChI is InChI=1S/C13H12N2O2/c1-8-3-5-10(6-4-8)11-7-14-9(2)15-12(11)13(16)17/h3-7H,1-2H3,(H,16,17). The topological polar surface area (TPSA) is 63.1 Å². The molecule has 0 radical (unpaired) electrons. The summed E-state index contributed by atoms with van der Waals surface area (Å²) in [5.74, 6) is -0.579. The van der Waals surface area contributed by atoms with E-state index >= 15 is 0 Å². The molecule has 0 amide bonds. The number of hydrogen-bond acceptors (Lipinski definition) is 3. The van der Waals surface area contributed by atoms with E-state index in [1.54, 1.807) is 13.1 Å². The second-order valence-corrected chi connectivity index (χ2v) is 3.85. The molecule has 1 aromatic carbocycles. The van der Waals surface area contributed by atoms with Crippen LogP contribution in [0.4, 0.5) is 0 Å². The predicted octanol–water partition coefficient (Wildman–Crippen LogP) is 2.46. The van der Waals surface area contributed by atoms with Gasteiger partial charge in [0.25, 0.3) is 0 Å². The van der Waals surface area contributed by atoms with E-state index in [-0.39, 0.29) is 5.69 Å². The molecular formula is C13H12N2O2. The van der Waals surface area contributed by atoms with Crippen LogP contribution >= 0.6 is 0 Å². The fourth-order valence-corrected chi connectivity index (χ4v) is 1.58. The van der Waals surface area contributed by atoms with E-state index in [1.807, 2.05) is 31.2 Å². The molecule has 0 saturated carbocycles. The summed E-state index contributed by atoms with van der Waals surface area (Å²) in [6.45, 7) is 3.65. The van der Waals surface area contributed by atoms with Crippen molar-refractivity contribution in [2.24, 2.45) is 0 Å². The van der Waals surface area contributed by atoms with Crippen molar-refractivity contribution in [1.82, 2.24) is 9.97 Å². The molecule has 86 valence electrons. The molecule has 1 heterocycles. The normalized spacial score (nSPS) is 10.2. The summed E-state index contributed by atoms with van der Waals surface area (Å²) in [6, 6.07) is 7.60. The van der Waals surface area contributed by atoms with Crippen molar-refractivity contribution in [1.29, 1.82) is 0 Å². The number of aromatic carboxylic acids is 1. The van der Waals surface area contributed by atoms with Crippen molar-refractivity contribution in [2.45, 2.75) is 13.8 Å². The van der Waals surface area contributed by atoms with Crippen LogP contribution in [0.5, 0.6) is 0 Å². The summed E-state index contributed by atoms with van der Waals surface area (Å²) >= 11 is 0. The van der Waals surface area contributed by atoms with E-state index < -0.39 is 5.97 Å². The SMILES string of the molecule is Cc1ccc(-c2cnc(C)nc2C(=O)O)cc1. The summed E-state index contributed by atoms with van der Waals surface area (Å²) in [5.41, 5.74) is 2.52. The highest BCUT2D eigenvalue weighted by Crippen LogP contribution is 2.22. The molecule has 4 heteroatoms. The van der Waals surface area contributed by atoms with Crippen LogP contribution in [0.25, 0.3) is 11.1 Å². The van der Waals surface area contributed by atoms with Crippen LogP contribution in [0.1, 0.15) is 21.9 Å². The summed E-state index contributed by atoms with van der Waals surface area (Å²) in [7, 11) is 0. The molecule has 0 aliphatic rings. The maximum atomic E-state index is 11.1. The second kappa shape index (κ2) is 4.33. The number of carbonyl (C=O) groups is 1. The van der Waals surface area contributed by atoms with Crippen LogP contribution < -0.4 is 0 Å². The number of nitrogens with zero attached hydrogens (tertiary/aromatic N) is 2. The first-order chi connectivity index (χ1) is 8.08. The molecule has 0 fully saturated rings. The molecule has 0 unspecified atom stereocenters. The Hall–Kier alpha value is -2.23. The van der Waals surface area contributed by atoms with E-state index in [1.165, 1.54) is 0 Å². The van der Waals surface area contributed by atoms with Crippen molar-refractivity contribution in [2.75, 3.05) is 0 Å². The van der Waals surface area contributed by atoms with Crippen LogP contribution in [-0.2, 0) is 0 Å². The average molecular weight is 228 g/mol. The number of benzene rings is 1. The fraction of sp³-hybridized carbons (Fsp3) is 0.154. The molecule has 0 aliphatic carbocycles. The number of rotatable bonds is 2. The molecule has 0 aliphatic heterocycles. The molecule has 17 heavy (non-hydrogen) atoms. The first-order valence-electron chi connectivity index (χ1n) is 5.22. The molecule has 0 saturated heterocycles. The third-order valence-electron chi connectivity index (χ3n) is 2.47. The largest absolute Gasteiger partial charge is 0.476 e. The van der Waals surface area contributed by atoms with Gasteiger partial charge in [-0.1, -0.05) is 29.8 Å². The van der Waals surface area contributed by atoms with Gasteiger partial charge in [-0.15, -0.1) is 0 Å². The molecular weight excluding hydrogens is 216 g/mol. The molecule has 2 aromatic rings. The molecule has 0 bridgehead atoms. The average Bonchev–Trinajstić information content (AvgIpc) is 2.30. The van der Waals surface area contributed by atoms with Gasteiger partial charge >= 0.3 is 5.97 Å². The van der Waals surface area contributed by atoms with E-state index in [4.69, 9.17) is 5.11 Å². The van der Waals surface area contributed by atoms with Gasteiger partial charge in [0.05, 0.1) is 0 Å². The zero-order valence-electron chi connectivity index (χ0n) is 9.64. The minimum absolute atomic E-state index is 0.0429. The van der Waals surface area contributed by atoms with Gasteiger partial charge in [0, 0.05) is 11.8 Å². The molecule has 1 aromatic heterocycles. The number of aromatic nitrogens is 2. The highest BCUT2D eigenvalue weighted by molar-refractivity contribution is 5.93. The Balaban J connectivity index is 2.58. The van der Waals surface area contributed by atoms with Crippen LogP contribution in [0.2, 0.25) is 0 Å². The molecule has 4 nitrogen and oxygen atoms in total. The van der Waals surface area contributed by atoms with Crippen molar-refractivity contribution in [3.8, 4) is 11.1 Å². The number of carboxylic acid groups (broad SMARTS) is 1. The van der Waals surface area contributed by atoms with Crippen molar-refractivity contribution >= 4 is 5.97 Å². The van der Waals surface area contributed by atoms with E-state index in [2.05, 4.69) is 9.97 Å². The monoisotopic (exact) mass is 228 g/mol. The van der Waals surface area contributed by atoms with Gasteiger partial charge in [0.1, 0.15) is 5.82 Å². The van der Waals surface area contributed by atoms with Gasteiger partial charge in [-0.25, -0.2) is 14.8 Å². The number of aryl methyl sites for hydroxylation is 2. The lowest BCUT2D eigenvalue weighted by molar-refractivity contribution is 0.0691. The first-order valence-corrected chi connectivity index (χ1v) is 5.22. The highest BCUT2D eigenvalue weighted by atomic mass is 16.4. The fourth-order valence-electron chi connectivity index (χ4n) is 1.58. The van der Waals surface area contributed by atoms with Crippen molar-refractivity contribution in [3.63, 3.8) is 0 Å². The second-order valence-electron chi connectivity index (χ2n) is 3.85. The van der Waals surface area contributed by atoms with Gasteiger partial charge in [-0.05, 0) is 19.4 Å². The Labute approximate surface area is 99.0 Å². The minimum atomic E-state index is -1.04. The van der Waals surface area contributed by atoms with Gasteiger partial charge in [-0.2, -0.15) is 0 Å². The zero-order chi connectivity index (χ0) is 12.4. The van der Waals surface area contributed by atoms with Crippen LogP contribution in [0.15, 0.2) is 30.5 Å². The first kappa shape index (κ1) is 11.3. The van der Waals surface area contributed by atoms with Gasteiger partial charge < -0.3 is 5.11 Å². The van der Waals surface area contributed by atoms with Gasteiger partial charge in [0.2, 0.25) is 0 Å². The van der Waals surface area contributed by atoms with Crippen LogP contribution in [0.3, 0.4) is 0 Å². The Morgan fingerprint density at radius 2 is 1.82 bits per heavy atom. The Bertz CT molecular complexity index is 562. The zero-order valence-corrected chi connectivity index (χ0v) is 9.64. The van der Waals surface area contributed by atoms with Gasteiger partial charge in [-0.3, -0.25) is 0 Å². The summed E-state index contributed by atoms with van der Waals surface area (Å²) in [6.07, 6.45) is 1.55. The van der Waals surface area contributed by atoms with E-state index in [0.29, 0.717) is 11.4 Å². The lowest BCUT2D eigenvalue weighted by Crippen LogP contribution is -2.05. The molecule has 0 spiro atoms.